The molecular formula is C15H21NO. The van der Waals surface area contributed by atoms with E-state index in [4.69, 9.17) is 10.5 Å². The molecule has 0 spiro atoms. The van der Waals surface area contributed by atoms with Crippen LogP contribution < -0.4 is 5.73 Å². The summed E-state index contributed by atoms with van der Waals surface area (Å²) >= 11 is 0. The molecule has 0 saturated heterocycles. The molecule has 2 nitrogen and oxygen atoms in total. The van der Waals surface area contributed by atoms with E-state index in [-0.39, 0.29) is 6.10 Å². The molecule has 1 aromatic rings. The molecule has 0 fully saturated rings. The van der Waals surface area contributed by atoms with Crippen LogP contribution in [0.25, 0.3) is 0 Å². The summed E-state index contributed by atoms with van der Waals surface area (Å²) < 4.78 is 5.78. The van der Waals surface area contributed by atoms with Crippen molar-refractivity contribution in [2.75, 3.05) is 6.54 Å². The molecular weight excluding hydrogens is 210 g/mol. The minimum atomic E-state index is 0.272. The number of ether oxygens (including phenoxy) is 1. The molecule has 0 saturated carbocycles. The zero-order chi connectivity index (χ0) is 12.7. The Labute approximate surface area is 104 Å². The predicted molar refractivity (Wildman–Crippen MR) is 71.5 cm³/mol. The summed E-state index contributed by atoms with van der Waals surface area (Å²) in [7, 11) is 0. The van der Waals surface area contributed by atoms with Gasteiger partial charge >= 0.3 is 0 Å². The topological polar surface area (TPSA) is 35.2 Å². The van der Waals surface area contributed by atoms with Crippen molar-refractivity contribution in [1.29, 1.82) is 0 Å². The van der Waals surface area contributed by atoms with Gasteiger partial charge in [0.1, 0.15) is 0 Å². The molecule has 0 heterocycles. The first-order chi connectivity index (χ1) is 8.13. The van der Waals surface area contributed by atoms with E-state index >= 15 is 0 Å². The van der Waals surface area contributed by atoms with Gasteiger partial charge in [-0.15, -0.1) is 0 Å². The molecule has 0 aliphatic rings. The Morgan fingerprint density at radius 2 is 2.06 bits per heavy atom. The van der Waals surface area contributed by atoms with Gasteiger partial charge in [0.25, 0.3) is 0 Å². The van der Waals surface area contributed by atoms with Gasteiger partial charge in [-0.25, -0.2) is 0 Å². The molecule has 0 aromatic heterocycles. The molecule has 0 amide bonds. The van der Waals surface area contributed by atoms with Gasteiger partial charge in [-0.3, -0.25) is 0 Å². The number of hydrogen-bond acceptors (Lipinski definition) is 2. The zero-order valence-electron chi connectivity index (χ0n) is 10.9. The second-order valence-electron chi connectivity index (χ2n) is 4.47. The fraction of sp³-hybridized carbons (Fsp3) is 0.467. The highest BCUT2D eigenvalue weighted by Gasteiger charge is 2.06. The Morgan fingerprint density at radius 1 is 1.29 bits per heavy atom. The number of nitrogens with two attached hydrogens (primary N) is 1. The maximum atomic E-state index is 5.78. The highest BCUT2D eigenvalue weighted by Crippen LogP contribution is 2.11. The lowest BCUT2D eigenvalue weighted by atomic mass is 10.1. The van der Waals surface area contributed by atoms with Crippen molar-refractivity contribution in [2.24, 2.45) is 11.7 Å². The van der Waals surface area contributed by atoms with E-state index in [1.165, 1.54) is 0 Å². The van der Waals surface area contributed by atoms with Gasteiger partial charge in [-0.1, -0.05) is 37.8 Å². The smallest absolute Gasteiger partial charge is 0.0721 e. The third kappa shape index (κ3) is 5.04. The van der Waals surface area contributed by atoms with Crippen LogP contribution in [0.5, 0.6) is 0 Å². The van der Waals surface area contributed by atoms with Crippen LogP contribution in [-0.2, 0) is 11.3 Å². The Morgan fingerprint density at radius 3 is 2.71 bits per heavy atom. The molecule has 1 atom stereocenters. The summed E-state index contributed by atoms with van der Waals surface area (Å²) in [6.45, 7) is 7.45. The van der Waals surface area contributed by atoms with Gasteiger partial charge in [0.15, 0.2) is 0 Å². The summed E-state index contributed by atoms with van der Waals surface area (Å²) in [5, 5.41) is 0. The summed E-state index contributed by atoms with van der Waals surface area (Å²) in [4.78, 5) is 0. The maximum Gasteiger partial charge on any atom is 0.0721 e. The number of benzene rings is 1. The second-order valence-corrected chi connectivity index (χ2v) is 4.47. The van der Waals surface area contributed by atoms with E-state index in [2.05, 4.69) is 44.7 Å². The van der Waals surface area contributed by atoms with Gasteiger partial charge in [-0.2, -0.15) is 0 Å². The molecule has 17 heavy (non-hydrogen) atoms. The SMILES string of the molecule is CC(C)C(C)OCc1cccc(C#CCN)c1. The van der Waals surface area contributed by atoms with Crippen molar-refractivity contribution in [1.82, 2.24) is 0 Å². The van der Waals surface area contributed by atoms with Crippen molar-refractivity contribution in [3.63, 3.8) is 0 Å². The van der Waals surface area contributed by atoms with Crippen molar-refractivity contribution >= 4 is 0 Å². The lowest BCUT2D eigenvalue weighted by Gasteiger charge is -2.16. The Bertz CT molecular complexity index is 401. The minimum Gasteiger partial charge on any atom is -0.374 e. The van der Waals surface area contributed by atoms with Crippen molar-refractivity contribution in [3.8, 4) is 11.8 Å². The normalized spacial score (nSPS) is 12.1. The molecule has 0 aliphatic heterocycles. The van der Waals surface area contributed by atoms with Crippen LogP contribution >= 0.6 is 0 Å². The van der Waals surface area contributed by atoms with Gasteiger partial charge in [-0.05, 0) is 30.5 Å². The third-order valence-electron chi connectivity index (χ3n) is 2.71. The first-order valence-electron chi connectivity index (χ1n) is 6.03. The maximum absolute atomic E-state index is 5.78. The second kappa shape index (κ2) is 7.11. The van der Waals surface area contributed by atoms with Gasteiger partial charge in [0.2, 0.25) is 0 Å². The van der Waals surface area contributed by atoms with E-state index in [9.17, 15) is 0 Å². The minimum absolute atomic E-state index is 0.272. The van der Waals surface area contributed by atoms with Crippen LogP contribution in [0.2, 0.25) is 0 Å². The molecule has 2 heteroatoms. The van der Waals surface area contributed by atoms with Crippen LogP contribution in [0.4, 0.5) is 0 Å². The first-order valence-corrected chi connectivity index (χ1v) is 6.03. The van der Waals surface area contributed by atoms with E-state index in [0.29, 0.717) is 19.1 Å². The van der Waals surface area contributed by atoms with Crippen molar-refractivity contribution < 1.29 is 4.74 Å². The monoisotopic (exact) mass is 231 g/mol. The first kappa shape index (κ1) is 13.8. The van der Waals surface area contributed by atoms with E-state index < -0.39 is 0 Å². The molecule has 0 bridgehead atoms. The molecule has 0 aliphatic carbocycles. The van der Waals surface area contributed by atoms with Crippen LogP contribution in [0.15, 0.2) is 24.3 Å². The molecule has 92 valence electrons. The molecule has 2 N–H and O–H groups in total. The third-order valence-corrected chi connectivity index (χ3v) is 2.71. The molecule has 1 rings (SSSR count). The standard InChI is InChI=1S/C15H21NO/c1-12(2)13(3)17-11-15-7-4-6-14(10-15)8-5-9-16/h4,6-7,10,12-13H,9,11,16H2,1-3H3. The summed E-state index contributed by atoms with van der Waals surface area (Å²) in [5.74, 6) is 6.41. The number of rotatable bonds is 4. The molecule has 1 unspecified atom stereocenters. The van der Waals surface area contributed by atoms with Crippen LogP contribution in [0.3, 0.4) is 0 Å². The fourth-order valence-electron chi connectivity index (χ4n) is 1.31. The largest absolute Gasteiger partial charge is 0.374 e. The highest BCUT2D eigenvalue weighted by atomic mass is 16.5. The highest BCUT2D eigenvalue weighted by molar-refractivity contribution is 5.37. The summed E-state index contributed by atoms with van der Waals surface area (Å²) in [6.07, 6.45) is 0.272. The van der Waals surface area contributed by atoms with Gasteiger partial charge < -0.3 is 10.5 Å². The summed E-state index contributed by atoms with van der Waals surface area (Å²) in [5.41, 5.74) is 7.50. The van der Waals surface area contributed by atoms with E-state index in [1.807, 2.05) is 12.1 Å². The van der Waals surface area contributed by atoms with Crippen LogP contribution in [-0.4, -0.2) is 12.6 Å². The van der Waals surface area contributed by atoms with Crippen molar-refractivity contribution in [2.45, 2.75) is 33.5 Å². The van der Waals surface area contributed by atoms with E-state index in [0.717, 1.165) is 11.1 Å². The fourth-order valence-corrected chi connectivity index (χ4v) is 1.31. The van der Waals surface area contributed by atoms with Gasteiger partial charge in [0.05, 0.1) is 19.3 Å². The van der Waals surface area contributed by atoms with Gasteiger partial charge in [0, 0.05) is 5.56 Å². The van der Waals surface area contributed by atoms with E-state index in [1.54, 1.807) is 0 Å². The number of hydrogen-bond donors (Lipinski definition) is 1. The van der Waals surface area contributed by atoms with Crippen molar-refractivity contribution in [3.05, 3.63) is 35.4 Å². The lowest BCUT2D eigenvalue weighted by Crippen LogP contribution is -2.15. The quantitative estimate of drug-likeness (QED) is 0.808. The van der Waals surface area contributed by atoms with Crippen LogP contribution in [0, 0.1) is 17.8 Å². The van der Waals surface area contributed by atoms with Crippen LogP contribution in [0.1, 0.15) is 31.9 Å². The summed E-state index contributed by atoms with van der Waals surface area (Å²) in [6, 6.07) is 8.09. The Balaban J connectivity index is 2.60. The zero-order valence-corrected chi connectivity index (χ0v) is 10.9. The molecule has 0 radical (unpaired) electrons. The Hall–Kier alpha value is -1.30. The Kier molecular flexibility index (Phi) is 5.76. The average Bonchev–Trinajstić information content (AvgIpc) is 2.33. The molecule has 1 aromatic carbocycles. The predicted octanol–water partition coefficient (Wildman–Crippen LogP) is 2.56. The lowest BCUT2D eigenvalue weighted by molar-refractivity contribution is 0.0235. The average molecular weight is 231 g/mol.